The first-order valence-corrected chi connectivity index (χ1v) is 7.57. The molecule has 0 bridgehead atoms. The molecule has 1 aliphatic heterocycles. The summed E-state index contributed by atoms with van der Waals surface area (Å²) in [7, 11) is 0. The van der Waals surface area contributed by atoms with Gasteiger partial charge in [0.25, 0.3) is 5.91 Å². The summed E-state index contributed by atoms with van der Waals surface area (Å²) in [6.07, 6.45) is 2.18. The van der Waals surface area contributed by atoms with Crippen molar-refractivity contribution in [2.75, 3.05) is 25.0 Å². The molecule has 110 valence electrons. The fraction of sp³-hybridized carbons (Fsp3) is 0.588. The number of carbonyl (C=O) groups is 1. The van der Waals surface area contributed by atoms with Gasteiger partial charge in [-0.1, -0.05) is 13.8 Å². The average molecular weight is 274 g/mol. The van der Waals surface area contributed by atoms with Crippen molar-refractivity contribution in [1.29, 1.82) is 0 Å². The number of piperidine rings is 1. The van der Waals surface area contributed by atoms with Crippen molar-refractivity contribution in [3.05, 3.63) is 29.3 Å². The van der Waals surface area contributed by atoms with E-state index in [1.807, 2.05) is 24.0 Å². The normalized spacial score (nSPS) is 17.9. The highest BCUT2D eigenvalue weighted by Gasteiger charge is 2.28. The molecule has 1 aromatic rings. The Bertz CT molecular complexity index is 484. The van der Waals surface area contributed by atoms with Crippen LogP contribution in [0.3, 0.4) is 0 Å². The molecule has 0 radical (unpaired) electrons. The van der Waals surface area contributed by atoms with Crippen molar-refractivity contribution in [3.8, 4) is 0 Å². The Hall–Kier alpha value is -1.51. The molecular weight excluding hydrogens is 248 g/mol. The lowest BCUT2D eigenvalue weighted by atomic mass is 9.82. The second kappa shape index (κ2) is 5.86. The van der Waals surface area contributed by atoms with Crippen LogP contribution in [-0.4, -0.2) is 30.4 Å². The van der Waals surface area contributed by atoms with Gasteiger partial charge < -0.3 is 10.2 Å². The Labute approximate surface area is 122 Å². The van der Waals surface area contributed by atoms with E-state index in [0.29, 0.717) is 5.41 Å². The lowest BCUT2D eigenvalue weighted by Gasteiger charge is -2.37. The van der Waals surface area contributed by atoms with Gasteiger partial charge in [0.1, 0.15) is 0 Å². The zero-order valence-corrected chi connectivity index (χ0v) is 13.1. The molecule has 0 atom stereocenters. The number of benzene rings is 1. The molecule has 1 saturated heterocycles. The molecule has 20 heavy (non-hydrogen) atoms. The van der Waals surface area contributed by atoms with Crippen LogP contribution in [0.25, 0.3) is 0 Å². The van der Waals surface area contributed by atoms with Crippen LogP contribution in [0.4, 0.5) is 5.69 Å². The minimum atomic E-state index is 0.182. The SMILES string of the molecule is CCNc1ccc(C(=O)N2CCC(C)(C)CC2)c(C)c1. The maximum absolute atomic E-state index is 12.6. The number of likely N-dealkylation sites (tertiary alicyclic amines) is 1. The zero-order chi connectivity index (χ0) is 14.8. The van der Waals surface area contributed by atoms with Crippen LogP contribution in [0.1, 0.15) is 49.5 Å². The van der Waals surface area contributed by atoms with Crippen LogP contribution in [0.2, 0.25) is 0 Å². The molecule has 0 saturated carbocycles. The van der Waals surface area contributed by atoms with E-state index in [4.69, 9.17) is 0 Å². The Morgan fingerprint density at radius 2 is 1.95 bits per heavy atom. The summed E-state index contributed by atoms with van der Waals surface area (Å²) in [5.41, 5.74) is 3.35. The highest BCUT2D eigenvalue weighted by atomic mass is 16.2. The molecule has 1 fully saturated rings. The van der Waals surface area contributed by atoms with Crippen molar-refractivity contribution in [1.82, 2.24) is 4.90 Å². The van der Waals surface area contributed by atoms with E-state index in [9.17, 15) is 4.79 Å². The minimum absolute atomic E-state index is 0.182. The van der Waals surface area contributed by atoms with Gasteiger partial charge in [0, 0.05) is 30.9 Å². The molecule has 3 heteroatoms. The number of hydrogen-bond donors (Lipinski definition) is 1. The highest BCUT2D eigenvalue weighted by molar-refractivity contribution is 5.96. The molecule has 1 aromatic carbocycles. The third-order valence-corrected chi connectivity index (χ3v) is 4.24. The van der Waals surface area contributed by atoms with Crippen molar-refractivity contribution >= 4 is 11.6 Å². The van der Waals surface area contributed by atoms with Gasteiger partial charge in [-0.2, -0.15) is 0 Å². The minimum Gasteiger partial charge on any atom is -0.385 e. The van der Waals surface area contributed by atoms with E-state index in [0.717, 1.165) is 49.3 Å². The maximum Gasteiger partial charge on any atom is 0.254 e. The maximum atomic E-state index is 12.6. The zero-order valence-electron chi connectivity index (χ0n) is 13.1. The largest absolute Gasteiger partial charge is 0.385 e. The number of aryl methyl sites for hydroxylation is 1. The predicted octanol–water partition coefficient (Wildman–Crippen LogP) is 3.69. The monoisotopic (exact) mass is 274 g/mol. The number of nitrogens with zero attached hydrogens (tertiary/aromatic N) is 1. The summed E-state index contributed by atoms with van der Waals surface area (Å²) >= 11 is 0. The number of hydrogen-bond acceptors (Lipinski definition) is 2. The molecule has 0 aliphatic carbocycles. The molecule has 0 spiro atoms. The summed E-state index contributed by atoms with van der Waals surface area (Å²) in [6, 6.07) is 6.01. The predicted molar refractivity (Wildman–Crippen MR) is 84.3 cm³/mol. The van der Waals surface area contributed by atoms with Crippen LogP contribution >= 0.6 is 0 Å². The first-order valence-electron chi connectivity index (χ1n) is 7.57. The van der Waals surface area contributed by atoms with Crippen LogP contribution < -0.4 is 5.32 Å². The smallest absolute Gasteiger partial charge is 0.254 e. The summed E-state index contributed by atoms with van der Waals surface area (Å²) in [4.78, 5) is 14.6. The van der Waals surface area contributed by atoms with Crippen LogP contribution in [0, 0.1) is 12.3 Å². The molecule has 2 rings (SSSR count). The summed E-state index contributed by atoms with van der Waals surface area (Å²) in [6.45, 7) is 11.3. The topological polar surface area (TPSA) is 32.3 Å². The number of amides is 1. The van der Waals surface area contributed by atoms with Crippen molar-refractivity contribution in [3.63, 3.8) is 0 Å². The van der Waals surface area contributed by atoms with Gasteiger partial charge in [-0.15, -0.1) is 0 Å². The van der Waals surface area contributed by atoms with Gasteiger partial charge >= 0.3 is 0 Å². The van der Waals surface area contributed by atoms with Crippen molar-refractivity contribution in [2.45, 2.75) is 40.5 Å². The van der Waals surface area contributed by atoms with Gasteiger partial charge in [0.2, 0.25) is 0 Å². The van der Waals surface area contributed by atoms with E-state index in [2.05, 4.69) is 32.2 Å². The Morgan fingerprint density at radius 1 is 1.30 bits per heavy atom. The molecule has 1 aliphatic rings. The fourth-order valence-corrected chi connectivity index (χ4v) is 2.70. The third-order valence-electron chi connectivity index (χ3n) is 4.24. The van der Waals surface area contributed by atoms with Gasteiger partial charge in [0.05, 0.1) is 0 Å². The fourth-order valence-electron chi connectivity index (χ4n) is 2.70. The first-order chi connectivity index (χ1) is 9.43. The van der Waals surface area contributed by atoms with Crippen LogP contribution in [-0.2, 0) is 0 Å². The molecule has 0 unspecified atom stereocenters. The lowest BCUT2D eigenvalue weighted by Crippen LogP contribution is -2.41. The summed E-state index contributed by atoms with van der Waals surface area (Å²) in [5, 5.41) is 3.28. The molecule has 1 heterocycles. The van der Waals surface area contributed by atoms with Gasteiger partial charge in [-0.3, -0.25) is 4.79 Å². The molecule has 1 amide bonds. The van der Waals surface area contributed by atoms with Crippen LogP contribution in [0.15, 0.2) is 18.2 Å². The quantitative estimate of drug-likeness (QED) is 0.911. The second-order valence-corrected chi connectivity index (χ2v) is 6.52. The highest BCUT2D eigenvalue weighted by Crippen LogP contribution is 2.30. The van der Waals surface area contributed by atoms with E-state index in [1.165, 1.54) is 0 Å². The van der Waals surface area contributed by atoms with E-state index in [-0.39, 0.29) is 5.91 Å². The van der Waals surface area contributed by atoms with Crippen molar-refractivity contribution in [2.24, 2.45) is 5.41 Å². The van der Waals surface area contributed by atoms with Gasteiger partial charge in [0.15, 0.2) is 0 Å². The van der Waals surface area contributed by atoms with Gasteiger partial charge in [-0.25, -0.2) is 0 Å². The average Bonchev–Trinajstić information content (AvgIpc) is 2.38. The molecular formula is C17H26N2O. The van der Waals surface area contributed by atoms with E-state index < -0.39 is 0 Å². The number of nitrogens with one attached hydrogen (secondary N) is 1. The standard InChI is InChI=1S/C17H26N2O/c1-5-18-14-6-7-15(13(2)12-14)16(20)19-10-8-17(3,4)9-11-19/h6-7,12,18H,5,8-11H2,1-4H3. The van der Waals surface area contributed by atoms with E-state index >= 15 is 0 Å². The third kappa shape index (κ3) is 3.33. The Balaban J connectivity index is 2.10. The summed E-state index contributed by atoms with van der Waals surface area (Å²) < 4.78 is 0. The Morgan fingerprint density at radius 3 is 2.50 bits per heavy atom. The second-order valence-electron chi connectivity index (χ2n) is 6.52. The number of carbonyl (C=O) groups excluding carboxylic acids is 1. The number of anilines is 1. The van der Waals surface area contributed by atoms with Gasteiger partial charge in [-0.05, 0) is 55.9 Å². The van der Waals surface area contributed by atoms with E-state index in [1.54, 1.807) is 0 Å². The Kier molecular flexibility index (Phi) is 4.36. The number of rotatable bonds is 3. The molecule has 1 N–H and O–H groups in total. The molecule has 3 nitrogen and oxygen atoms in total. The lowest BCUT2D eigenvalue weighted by molar-refractivity contribution is 0.0629. The van der Waals surface area contributed by atoms with Crippen molar-refractivity contribution < 1.29 is 4.79 Å². The molecule has 0 aromatic heterocycles. The van der Waals surface area contributed by atoms with Crippen LogP contribution in [0.5, 0.6) is 0 Å². The first kappa shape index (κ1) is 14.9. The summed E-state index contributed by atoms with van der Waals surface area (Å²) in [5.74, 6) is 0.182.